The minimum atomic E-state index is -3.84. The lowest BCUT2D eigenvalue weighted by Gasteiger charge is -2.30. The van der Waals surface area contributed by atoms with Crippen molar-refractivity contribution in [1.29, 1.82) is 0 Å². The number of halogens is 1. The van der Waals surface area contributed by atoms with Crippen LogP contribution in [0, 0.1) is 0 Å². The lowest BCUT2D eigenvalue weighted by molar-refractivity contribution is 0.0940. The number of fused-ring (bicyclic) bond motifs is 1. The van der Waals surface area contributed by atoms with Crippen molar-refractivity contribution >= 4 is 45.0 Å². The average molecular weight is 511 g/mol. The molecular weight excluding hydrogens is 492 g/mol. The van der Waals surface area contributed by atoms with E-state index in [0.717, 1.165) is 10.2 Å². The number of carbonyl (C=O) groups excluding carboxylic acids is 1. The van der Waals surface area contributed by atoms with Crippen LogP contribution in [0.25, 0.3) is 0 Å². The maximum absolute atomic E-state index is 13.1. The van der Waals surface area contributed by atoms with Crippen molar-refractivity contribution in [3.05, 3.63) is 83.5 Å². The van der Waals surface area contributed by atoms with Crippen LogP contribution in [-0.4, -0.2) is 52.1 Å². The third-order valence-electron chi connectivity index (χ3n) is 5.23. The molecule has 1 aliphatic rings. The number of aromatic nitrogens is 5. The molecule has 0 fully saturated rings. The minimum Gasteiger partial charge on any atom is -0.365 e. The monoisotopic (exact) mass is 510 g/mol. The van der Waals surface area contributed by atoms with Gasteiger partial charge in [0, 0.05) is 43.7 Å². The van der Waals surface area contributed by atoms with Gasteiger partial charge in [-0.3, -0.25) is 9.52 Å². The lowest BCUT2D eigenvalue weighted by Crippen LogP contribution is -2.35. The van der Waals surface area contributed by atoms with Gasteiger partial charge in [-0.05, 0) is 18.2 Å². The summed E-state index contributed by atoms with van der Waals surface area (Å²) in [6.07, 6.45) is 4.33. The van der Waals surface area contributed by atoms with Crippen LogP contribution in [0.3, 0.4) is 0 Å². The van der Waals surface area contributed by atoms with Crippen LogP contribution < -0.4 is 14.9 Å². The van der Waals surface area contributed by atoms with Gasteiger partial charge in [0.15, 0.2) is 23.1 Å². The van der Waals surface area contributed by atoms with Crippen molar-refractivity contribution in [1.82, 2.24) is 24.7 Å². The summed E-state index contributed by atoms with van der Waals surface area (Å²) in [7, 11) is -3.84. The summed E-state index contributed by atoms with van der Waals surface area (Å²) in [5.41, 5.74) is 0.873. The maximum atomic E-state index is 13.1. The summed E-state index contributed by atoms with van der Waals surface area (Å²) >= 11 is 6.22. The molecule has 0 radical (unpaired) electrons. The molecule has 0 spiro atoms. The Kier molecular flexibility index (Phi) is 6.05. The van der Waals surface area contributed by atoms with Gasteiger partial charge in [-0.25, -0.2) is 28.1 Å². The highest BCUT2D eigenvalue weighted by Crippen LogP contribution is 2.27. The van der Waals surface area contributed by atoms with Gasteiger partial charge in [0.05, 0.1) is 11.1 Å². The van der Waals surface area contributed by atoms with Gasteiger partial charge in [-0.2, -0.15) is 0 Å². The Morgan fingerprint density at radius 3 is 2.74 bits per heavy atom. The van der Waals surface area contributed by atoms with E-state index in [-0.39, 0.29) is 16.4 Å². The van der Waals surface area contributed by atoms with E-state index >= 15 is 0 Å². The number of sulfonamides is 1. The van der Waals surface area contributed by atoms with Crippen molar-refractivity contribution in [2.24, 2.45) is 0 Å². The van der Waals surface area contributed by atoms with E-state index in [1.165, 1.54) is 30.6 Å². The van der Waals surface area contributed by atoms with E-state index in [2.05, 4.69) is 30.1 Å². The molecule has 4 aromatic rings. The second-order valence-corrected chi connectivity index (χ2v) is 9.64. The van der Waals surface area contributed by atoms with Crippen LogP contribution in [0.1, 0.15) is 16.1 Å². The Balaban J connectivity index is 1.37. The van der Waals surface area contributed by atoms with E-state index in [4.69, 9.17) is 11.6 Å². The third-order valence-corrected chi connectivity index (χ3v) is 6.95. The molecular formula is C22H19ClN8O3S. The van der Waals surface area contributed by atoms with E-state index < -0.39 is 15.9 Å². The molecule has 4 heterocycles. The van der Waals surface area contributed by atoms with Crippen molar-refractivity contribution in [3.63, 3.8) is 0 Å². The standard InChI is InChI=1S/C22H19ClN8O3S/c23-19-15(5-4-9-24-19)14-30-12-10-25-20-21(30)27-17(13-26-20)22(32)31-11-8-18(28-31)29-35(33,34)16-6-2-1-3-7-16/h1-9,11,13H,10,12,14H2,(H,25,26)(H,28,29). The fourth-order valence-corrected chi connectivity index (χ4v) is 4.74. The molecule has 0 aliphatic carbocycles. The first-order valence-corrected chi connectivity index (χ1v) is 12.4. The van der Waals surface area contributed by atoms with Crippen LogP contribution in [-0.2, 0) is 16.6 Å². The van der Waals surface area contributed by atoms with E-state index in [1.807, 2.05) is 11.0 Å². The summed E-state index contributed by atoms with van der Waals surface area (Å²) in [6.45, 7) is 1.72. The van der Waals surface area contributed by atoms with Crippen LogP contribution in [0.2, 0.25) is 5.15 Å². The SMILES string of the molecule is O=C(c1cnc2c(n1)N(Cc1cccnc1Cl)CCN2)n1ccc(NS(=O)(=O)c2ccccc2)n1. The Bertz CT molecular complexity index is 1490. The minimum absolute atomic E-state index is 0.00244. The van der Waals surface area contributed by atoms with Gasteiger partial charge in [0.25, 0.3) is 15.9 Å². The van der Waals surface area contributed by atoms with E-state index in [9.17, 15) is 13.2 Å². The zero-order valence-corrected chi connectivity index (χ0v) is 19.7. The first-order chi connectivity index (χ1) is 16.9. The molecule has 35 heavy (non-hydrogen) atoms. The first kappa shape index (κ1) is 22.7. The van der Waals surface area contributed by atoms with Gasteiger partial charge in [0.1, 0.15) is 5.15 Å². The van der Waals surface area contributed by atoms with Gasteiger partial charge in [-0.1, -0.05) is 35.9 Å². The molecule has 1 aromatic carbocycles. The molecule has 2 N–H and O–H groups in total. The number of rotatable bonds is 6. The third kappa shape index (κ3) is 4.79. The van der Waals surface area contributed by atoms with Crippen LogP contribution >= 0.6 is 11.6 Å². The number of hydrogen-bond donors (Lipinski definition) is 2. The normalized spacial score (nSPS) is 13.1. The number of benzene rings is 1. The van der Waals surface area contributed by atoms with Crippen molar-refractivity contribution in [2.45, 2.75) is 11.4 Å². The molecule has 13 heteroatoms. The van der Waals surface area contributed by atoms with E-state index in [1.54, 1.807) is 30.5 Å². The number of nitrogens with one attached hydrogen (secondary N) is 2. The zero-order valence-electron chi connectivity index (χ0n) is 18.2. The molecule has 0 amide bonds. The van der Waals surface area contributed by atoms with Gasteiger partial charge < -0.3 is 10.2 Å². The van der Waals surface area contributed by atoms with Gasteiger partial charge >= 0.3 is 0 Å². The van der Waals surface area contributed by atoms with Crippen molar-refractivity contribution in [2.75, 3.05) is 28.0 Å². The molecule has 0 saturated carbocycles. The Morgan fingerprint density at radius 1 is 1.11 bits per heavy atom. The fourth-order valence-electron chi connectivity index (χ4n) is 3.54. The van der Waals surface area contributed by atoms with Crippen molar-refractivity contribution in [3.8, 4) is 0 Å². The first-order valence-electron chi connectivity index (χ1n) is 10.5. The molecule has 3 aromatic heterocycles. The maximum Gasteiger partial charge on any atom is 0.298 e. The lowest BCUT2D eigenvalue weighted by atomic mass is 10.2. The second kappa shape index (κ2) is 9.31. The summed E-state index contributed by atoms with van der Waals surface area (Å²) in [5, 5.41) is 7.63. The van der Waals surface area contributed by atoms with Crippen LogP contribution in [0.5, 0.6) is 0 Å². The molecule has 178 valence electrons. The summed E-state index contributed by atoms with van der Waals surface area (Å²) in [4.78, 5) is 28.1. The summed E-state index contributed by atoms with van der Waals surface area (Å²) in [6, 6.07) is 12.9. The predicted octanol–water partition coefficient (Wildman–Crippen LogP) is 2.64. The number of carbonyl (C=O) groups is 1. The number of hydrogen-bond acceptors (Lipinski definition) is 9. The molecule has 1 aliphatic heterocycles. The molecule has 5 rings (SSSR count). The highest BCUT2D eigenvalue weighted by atomic mass is 35.5. The highest BCUT2D eigenvalue weighted by Gasteiger charge is 2.24. The highest BCUT2D eigenvalue weighted by molar-refractivity contribution is 7.92. The Morgan fingerprint density at radius 2 is 1.94 bits per heavy atom. The number of pyridine rings is 1. The average Bonchev–Trinajstić information content (AvgIpc) is 3.33. The van der Waals surface area contributed by atoms with Crippen molar-refractivity contribution < 1.29 is 13.2 Å². The summed E-state index contributed by atoms with van der Waals surface area (Å²) in [5.74, 6) is 0.488. The fraction of sp³-hybridized carbons (Fsp3) is 0.136. The molecule has 0 bridgehead atoms. The zero-order chi connectivity index (χ0) is 24.4. The quantitative estimate of drug-likeness (QED) is 0.375. The Hall–Kier alpha value is -4.03. The van der Waals surface area contributed by atoms with E-state index in [0.29, 0.717) is 36.4 Å². The second-order valence-electron chi connectivity index (χ2n) is 7.60. The molecule has 11 nitrogen and oxygen atoms in total. The van der Waals surface area contributed by atoms with Crippen LogP contribution in [0.4, 0.5) is 17.5 Å². The number of anilines is 3. The largest absolute Gasteiger partial charge is 0.365 e. The van der Waals surface area contributed by atoms with Gasteiger partial charge in [-0.15, -0.1) is 5.10 Å². The number of nitrogens with zero attached hydrogens (tertiary/aromatic N) is 6. The molecule has 0 saturated heterocycles. The smallest absolute Gasteiger partial charge is 0.298 e. The Labute approximate surface area is 205 Å². The van der Waals surface area contributed by atoms with Crippen LogP contribution in [0.15, 0.2) is 72.0 Å². The molecule has 0 unspecified atom stereocenters. The summed E-state index contributed by atoms with van der Waals surface area (Å²) < 4.78 is 28.4. The topological polar surface area (TPSA) is 135 Å². The molecule has 0 atom stereocenters. The van der Waals surface area contributed by atoms with Gasteiger partial charge in [0.2, 0.25) is 0 Å². The predicted molar refractivity (Wildman–Crippen MR) is 130 cm³/mol.